The van der Waals surface area contributed by atoms with Crippen molar-refractivity contribution in [3.05, 3.63) is 24.0 Å². The van der Waals surface area contributed by atoms with Crippen LogP contribution in [0.25, 0.3) is 0 Å². The Morgan fingerprint density at radius 3 is 2.83 bits per heavy atom. The van der Waals surface area contributed by atoms with Gasteiger partial charge in [-0.25, -0.2) is 0 Å². The minimum Gasteiger partial charge on any atom is -0.384 e. The fourth-order valence-corrected chi connectivity index (χ4v) is 2.75. The summed E-state index contributed by atoms with van der Waals surface area (Å²) in [5.74, 6) is -0.482. The summed E-state index contributed by atoms with van der Waals surface area (Å²) in [6.07, 6.45) is 8.08. The van der Waals surface area contributed by atoms with Crippen molar-refractivity contribution in [3.8, 4) is 0 Å². The molecule has 1 amide bonds. The third-order valence-electron chi connectivity index (χ3n) is 4.09. The summed E-state index contributed by atoms with van der Waals surface area (Å²) in [7, 11) is 0. The number of amides is 1. The Labute approximate surface area is 108 Å². The van der Waals surface area contributed by atoms with Gasteiger partial charge in [-0.15, -0.1) is 0 Å². The number of hydrogen-bond acceptors (Lipinski definition) is 3. The maximum Gasteiger partial charge on any atom is 0.267 e. The average Bonchev–Trinajstić information content (AvgIpc) is 2.86. The lowest BCUT2D eigenvalue weighted by molar-refractivity contribution is 0.0995. The molecule has 1 heterocycles. The highest BCUT2D eigenvalue weighted by Crippen LogP contribution is 2.40. The largest absolute Gasteiger partial charge is 0.384 e. The van der Waals surface area contributed by atoms with Gasteiger partial charge in [0.1, 0.15) is 5.69 Å². The van der Waals surface area contributed by atoms with E-state index in [0.29, 0.717) is 11.1 Å². The molecule has 0 saturated heterocycles. The van der Waals surface area contributed by atoms with Gasteiger partial charge in [0.05, 0.1) is 0 Å². The van der Waals surface area contributed by atoms with Crippen molar-refractivity contribution >= 4 is 11.6 Å². The zero-order valence-electron chi connectivity index (χ0n) is 10.9. The molecule has 4 nitrogen and oxygen atoms in total. The van der Waals surface area contributed by atoms with E-state index in [-0.39, 0.29) is 0 Å². The molecular formula is C14H21N3O. The second-order valence-electron chi connectivity index (χ2n) is 5.21. The molecule has 4 heteroatoms. The number of nitrogens with one attached hydrogen (secondary N) is 1. The van der Waals surface area contributed by atoms with Gasteiger partial charge in [-0.1, -0.05) is 19.8 Å². The van der Waals surface area contributed by atoms with Crippen LogP contribution in [0, 0.1) is 5.41 Å². The molecule has 0 radical (unpaired) electrons. The first-order valence-corrected chi connectivity index (χ1v) is 6.65. The van der Waals surface area contributed by atoms with Gasteiger partial charge in [0.25, 0.3) is 5.91 Å². The number of hydrogen-bond donors (Lipinski definition) is 2. The quantitative estimate of drug-likeness (QED) is 0.840. The highest BCUT2D eigenvalue weighted by atomic mass is 16.1. The Bertz CT molecular complexity index is 425. The third kappa shape index (κ3) is 2.81. The number of carbonyl (C=O) groups excluding carboxylic acids is 1. The molecule has 0 bridgehead atoms. The van der Waals surface area contributed by atoms with Gasteiger partial charge < -0.3 is 11.1 Å². The van der Waals surface area contributed by atoms with Gasteiger partial charge >= 0.3 is 0 Å². The molecule has 98 valence electrons. The second kappa shape index (κ2) is 5.38. The van der Waals surface area contributed by atoms with Crippen molar-refractivity contribution in [1.29, 1.82) is 0 Å². The Hall–Kier alpha value is -1.58. The summed E-state index contributed by atoms with van der Waals surface area (Å²) in [5, 5.41) is 3.43. The van der Waals surface area contributed by atoms with Crippen LogP contribution in [0.4, 0.5) is 5.69 Å². The predicted octanol–water partition coefficient (Wildman–Crippen LogP) is 2.56. The summed E-state index contributed by atoms with van der Waals surface area (Å²) in [6.45, 7) is 3.22. The van der Waals surface area contributed by atoms with E-state index >= 15 is 0 Å². The SMILES string of the molecule is CCC1(CNc2ccnc(C(N)=O)c2)CCCC1. The molecule has 1 aliphatic rings. The Morgan fingerprint density at radius 1 is 1.50 bits per heavy atom. The van der Waals surface area contributed by atoms with Crippen molar-refractivity contribution in [2.45, 2.75) is 39.0 Å². The zero-order valence-corrected chi connectivity index (χ0v) is 10.9. The summed E-state index contributed by atoms with van der Waals surface area (Å²) in [4.78, 5) is 15.0. The summed E-state index contributed by atoms with van der Waals surface area (Å²) >= 11 is 0. The molecule has 1 aromatic heterocycles. The minimum absolute atomic E-state index is 0.317. The number of aromatic nitrogens is 1. The van der Waals surface area contributed by atoms with Crippen molar-refractivity contribution < 1.29 is 4.79 Å². The predicted molar refractivity (Wildman–Crippen MR) is 72.4 cm³/mol. The van der Waals surface area contributed by atoms with Crippen LogP contribution < -0.4 is 11.1 Å². The van der Waals surface area contributed by atoms with Gasteiger partial charge in [-0.3, -0.25) is 9.78 Å². The van der Waals surface area contributed by atoms with E-state index in [9.17, 15) is 4.79 Å². The number of nitrogens with two attached hydrogens (primary N) is 1. The Kier molecular flexibility index (Phi) is 3.84. The lowest BCUT2D eigenvalue weighted by Crippen LogP contribution is -2.26. The monoisotopic (exact) mass is 247 g/mol. The summed E-state index contributed by atoms with van der Waals surface area (Å²) < 4.78 is 0. The molecule has 1 aliphatic carbocycles. The zero-order chi connectivity index (χ0) is 13.0. The lowest BCUT2D eigenvalue weighted by atomic mass is 9.83. The highest BCUT2D eigenvalue weighted by molar-refractivity contribution is 5.91. The van der Waals surface area contributed by atoms with Crippen LogP contribution in [0.5, 0.6) is 0 Å². The smallest absolute Gasteiger partial charge is 0.267 e. The van der Waals surface area contributed by atoms with E-state index in [0.717, 1.165) is 12.2 Å². The highest BCUT2D eigenvalue weighted by Gasteiger charge is 2.31. The Balaban J connectivity index is 2.01. The molecule has 2 rings (SSSR count). The van der Waals surface area contributed by atoms with Crippen LogP contribution in [0.2, 0.25) is 0 Å². The molecule has 0 unspecified atom stereocenters. The van der Waals surface area contributed by atoms with E-state index in [4.69, 9.17) is 5.73 Å². The lowest BCUT2D eigenvalue weighted by Gasteiger charge is -2.28. The number of primary amides is 1. The minimum atomic E-state index is -0.482. The van der Waals surface area contributed by atoms with Crippen LogP contribution in [-0.2, 0) is 0 Å². The standard InChI is InChI=1S/C14H21N3O/c1-2-14(6-3-4-7-14)10-17-11-5-8-16-12(9-11)13(15)18/h5,8-9H,2-4,6-7,10H2,1H3,(H2,15,18)(H,16,17). The number of pyridine rings is 1. The normalized spacial score (nSPS) is 17.6. The van der Waals surface area contributed by atoms with Crippen molar-refractivity contribution in [2.24, 2.45) is 11.1 Å². The first-order chi connectivity index (χ1) is 8.65. The van der Waals surface area contributed by atoms with E-state index in [1.54, 1.807) is 12.3 Å². The molecule has 0 aliphatic heterocycles. The van der Waals surface area contributed by atoms with Crippen LogP contribution in [0.3, 0.4) is 0 Å². The first-order valence-electron chi connectivity index (χ1n) is 6.65. The van der Waals surface area contributed by atoms with Crippen LogP contribution >= 0.6 is 0 Å². The summed E-state index contributed by atoms with van der Waals surface area (Å²) in [6, 6.07) is 3.60. The van der Waals surface area contributed by atoms with Crippen LogP contribution in [0.1, 0.15) is 49.5 Å². The van der Waals surface area contributed by atoms with Crippen molar-refractivity contribution in [2.75, 3.05) is 11.9 Å². The maximum atomic E-state index is 11.1. The van der Waals surface area contributed by atoms with E-state index < -0.39 is 5.91 Å². The molecule has 1 aromatic rings. The molecule has 0 atom stereocenters. The van der Waals surface area contributed by atoms with Crippen LogP contribution in [0.15, 0.2) is 18.3 Å². The van der Waals surface area contributed by atoms with E-state index in [1.807, 2.05) is 6.07 Å². The summed E-state index contributed by atoms with van der Waals surface area (Å²) in [5.41, 5.74) is 6.90. The van der Waals surface area contributed by atoms with Gasteiger partial charge in [0.2, 0.25) is 0 Å². The van der Waals surface area contributed by atoms with Crippen molar-refractivity contribution in [1.82, 2.24) is 4.98 Å². The van der Waals surface area contributed by atoms with Gasteiger partial charge in [-0.05, 0) is 36.8 Å². The molecule has 1 fully saturated rings. The fourth-order valence-electron chi connectivity index (χ4n) is 2.75. The van der Waals surface area contributed by atoms with Gasteiger partial charge in [-0.2, -0.15) is 0 Å². The van der Waals surface area contributed by atoms with Crippen LogP contribution in [-0.4, -0.2) is 17.4 Å². The van der Waals surface area contributed by atoms with Gasteiger partial charge in [0, 0.05) is 18.4 Å². The number of carbonyl (C=O) groups is 1. The van der Waals surface area contributed by atoms with Gasteiger partial charge in [0.15, 0.2) is 0 Å². The molecule has 0 aromatic carbocycles. The fraction of sp³-hybridized carbons (Fsp3) is 0.571. The molecular weight excluding hydrogens is 226 g/mol. The van der Waals surface area contributed by atoms with E-state index in [1.165, 1.54) is 32.1 Å². The second-order valence-corrected chi connectivity index (χ2v) is 5.21. The maximum absolute atomic E-state index is 11.1. The molecule has 1 saturated carbocycles. The Morgan fingerprint density at radius 2 is 2.22 bits per heavy atom. The number of nitrogens with zero attached hydrogens (tertiary/aromatic N) is 1. The topological polar surface area (TPSA) is 68.0 Å². The third-order valence-corrected chi connectivity index (χ3v) is 4.09. The molecule has 3 N–H and O–H groups in total. The molecule has 18 heavy (non-hydrogen) atoms. The molecule has 0 spiro atoms. The number of rotatable bonds is 5. The average molecular weight is 247 g/mol. The number of anilines is 1. The van der Waals surface area contributed by atoms with E-state index in [2.05, 4.69) is 17.2 Å². The van der Waals surface area contributed by atoms with Crippen molar-refractivity contribution in [3.63, 3.8) is 0 Å². The first kappa shape index (κ1) is 12.9.